The van der Waals surface area contributed by atoms with Crippen LogP contribution >= 0.6 is 0 Å². The Bertz CT molecular complexity index is 1070. The Hall–Kier alpha value is -2.58. The van der Waals surface area contributed by atoms with Crippen LogP contribution in [0.25, 0.3) is 0 Å². The molecule has 3 rings (SSSR count). The lowest BCUT2D eigenvalue weighted by atomic mass is 9.61. The lowest BCUT2D eigenvalue weighted by Gasteiger charge is -2.51. The summed E-state index contributed by atoms with van der Waals surface area (Å²) in [6.45, 7) is 7.75. The number of phenolic OH excluding ortho intramolecular Hbond substituents is 1. The fourth-order valence-electron chi connectivity index (χ4n) is 5.07. The van der Waals surface area contributed by atoms with Gasteiger partial charge in [0.05, 0.1) is 4.90 Å². The number of hydrogen-bond donors (Lipinski definition) is 3. The van der Waals surface area contributed by atoms with Gasteiger partial charge in [-0.1, -0.05) is 38.1 Å². The normalized spacial score (nSPS) is 23.8. The molecule has 7 nitrogen and oxygen atoms in total. The Labute approximate surface area is 197 Å². The first-order chi connectivity index (χ1) is 15.6. The van der Waals surface area contributed by atoms with Crippen molar-refractivity contribution in [1.82, 2.24) is 14.9 Å². The SMILES string of the molecule is CCc1ccc(O)cc1C1(CCNC(=O)NS(=O)(=O)c2ccccc2)CCN(C)C(C)[C@@H]1C. The van der Waals surface area contributed by atoms with Gasteiger partial charge in [0.2, 0.25) is 0 Å². The van der Waals surface area contributed by atoms with Crippen molar-refractivity contribution in [1.29, 1.82) is 0 Å². The molecule has 1 fully saturated rings. The summed E-state index contributed by atoms with van der Waals surface area (Å²) in [4.78, 5) is 14.8. The number of aryl methyl sites for hydroxylation is 1. The monoisotopic (exact) mass is 473 g/mol. The molecule has 0 saturated carbocycles. The summed E-state index contributed by atoms with van der Waals surface area (Å²) in [6, 6.07) is 13.0. The molecule has 2 amide bonds. The van der Waals surface area contributed by atoms with Crippen LogP contribution in [0.2, 0.25) is 0 Å². The summed E-state index contributed by atoms with van der Waals surface area (Å²) in [7, 11) is -1.81. The first kappa shape index (κ1) is 25.1. The zero-order chi connectivity index (χ0) is 24.2. The van der Waals surface area contributed by atoms with E-state index in [2.05, 4.69) is 42.8 Å². The van der Waals surface area contributed by atoms with Crippen LogP contribution in [-0.2, 0) is 21.9 Å². The van der Waals surface area contributed by atoms with Crippen molar-refractivity contribution in [3.8, 4) is 5.75 Å². The molecule has 1 saturated heterocycles. The summed E-state index contributed by atoms with van der Waals surface area (Å²) >= 11 is 0. The predicted octanol–water partition coefficient (Wildman–Crippen LogP) is 3.63. The first-order valence-electron chi connectivity index (χ1n) is 11.5. The number of urea groups is 1. The van der Waals surface area contributed by atoms with Gasteiger partial charge >= 0.3 is 6.03 Å². The van der Waals surface area contributed by atoms with Crippen molar-refractivity contribution in [3.63, 3.8) is 0 Å². The minimum atomic E-state index is -3.93. The molecular formula is C25H35N3O4S. The zero-order valence-corrected chi connectivity index (χ0v) is 20.7. The van der Waals surface area contributed by atoms with Crippen LogP contribution in [-0.4, -0.2) is 50.6 Å². The van der Waals surface area contributed by atoms with Gasteiger partial charge in [0.25, 0.3) is 10.0 Å². The van der Waals surface area contributed by atoms with E-state index in [0.717, 1.165) is 24.9 Å². The number of amides is 2. The largest absolute Gasteiger partial charge is 0.508 e. The van der Waals surface area contributed by atoms with Crippen molar-refractivity contribution in [2.75, 3.05) is 20.1 Å². The number of aromatic hydroxyl groups is 1. The highest BCUT2D eigenvalue weighted by Gasteiger charge is 2.45. The summed E-state index contributed by atoms with van der Waals surface area (Å²) in [6.07, 6.45) is 2.37. The van der Waals surface area contributed by atoms with E-state index < -0.39 is 16.1 Å². The van der Waals surface area contributed by atoms with Crippen molar-refractivity contribution >= 4 is 16.1 Å². The molecule has 2 aromatic carbocycles. The predicted molar refractivity (Wildman–Crippen MR) is 130 cm³/mol. The standard InChI is InChI=1S/C25H35N3O4S/c1-5-20-11-12-21(29)17-23(20)25(14-16-28(4)19(3)18(25)2)13-15-26-24(30)27-33(31,32)22-9-7-6-8-10-22/h6-12,17-19,29H,5,13-16H2,1-4H3,(H2,26,27,30)/t18-,19?,25?/m0/s1. The molecule has 3 atom stereocenters. The van der Waals surface area contributed by atoms with Gasteiger partial charge in [0.1, 0.15) is 5.75 Å². The van der Waals surface area contributed by atoms with E-state index in [4.69, 9.17) is 0 Å². The van der Waals surface area contributed by atoms with Crippen LogP contribution in [0.1, 0.15) is 44.7 Å². The molecule has 0 bridgehead atoms. The lowest BCUT2D eigenvalue weighted by Crippen LogP contribution is -2.54. The lowest BCUT2D eigenvalue weighted by molar-refractivity contribution is 0.0583. The Morgan fingerprint density at radius 2 is 1.88 bits per heavy atom. The summed E-state index contributed by atoms with van der Waals surface area (Å²) in [5.41, 5.74) is 2.06. The second-order valence-corrected chi connectivity index (χ2v) is 10.7. The fourth-order valence-corrected chi connectivity index (χ4v) is 6.02. The third kappa shape index (κ3) is 5.33. The molecule has 2 aromatic rings. The highest BCUT2D eigenvalue weighted by Crippen LogP contribution is 2.47. The van der Waals surface area contributed by atoms with Gasteiger partial charge in [-0.2, -0.15) is 0 Å². The van der Waals surface area contributed by atoms with Crippen molar-refractivity contribution in [2.24, 2.45) is 5.92 Å². The number of hydrogen-bond acceptors (Lipinski definition) is 5. The third-order valence-electron chi connectivity index (χ3n) is 7.35. The van der Waals surface area contributed by atoms with Gasteiger partial charge in [-0.05, 0) is 81.1 Å². The maximum atomic E-state index is 12.4. The first-order valence-corrected chi connectivity index (χ1v) is 13.0. The summed E-state index contributed by atoms with van der Waals surface area (Å²) < 4.78 is 27.0. The van der Waals surface area contributed by atoms with Crippen molar-refractivity contribution in [2.45, 2.75) is 56.4 Å². The number of phenols is 1. The van der Waals surface area contributed by atoms with Crippen LogP contribution in [0.5, 0.6) is 5.75 Å². The highest BCUT2D eigenvalue weighted by atomic mass is 32.2. The molecule has 0 aromatic heterocycles. The van der Waals surface area contributed by atoms with E-state index >= 15 is 0 Å². The Morgan fingerprint density at radius 3 is 2.55 bits per heavy atom. The van der Waals surface area contributed by atoms with Crippen LogP contribution < -0.4 is 10.0 Å². The number of benzene rings is 2. The number of sulfonamides is 1. The van der Waals surface area contributed by atoms with Gasteiger partial charge in [0, 0.05) is 18.0 Å². The molecule has 1 heterocycles. The molecule has 33 heavy (non-hydrogen) atoms. The molecule has 2 unspecified atom stereocenters. The minimum Gasteiger partial charge on any atom is -0.508 e. The number of piperidine rings is 1. The Kier molecular flexibility index (Phi) is 7.69. The van der Waals surface area contributed by atoms with Crippen LogP contribution in [0.4, 0.5) is 4.79 Å². The van der Waals surface area contributed by atoms with E-state index in [1.807, 2.05) is 12.1 Å². The minimum absolute atomic E-state index is 0.0433. The van der Waals surface area contributed by atoms with E-state index in [-0.39, 0.29) is 22.0 Å². The number of carbonyl (C=O) groups excluding carboxylic acids is 1. The van der Waals surface area contributed by atoms with Crippen LogP contribution in [0, 0.1) is 5.92 Å². The fraction of sp³-hybridized carbons (Fsp3) is 0.480. The van der Waals surface area contributed by atoms with Gasteiger partial charge in [-0.15, -0.1) is 0 Å². The molecular weight excluding hydrogens is 438 g/mol. The quantitative estimate of drug-likeness (QED) is 0.570. The number of likely N-dealkylation sites (tertiary alicyclic amines) is 1. The van der Waals surface area contributed by atoms with Crippen LogP contribution in [0.15, 0.2) is 53.4 Å². The molecule has 0 aliphatic carbocycles. The second-order valence-electron chi connectivity index (χ2n) is 9.04. The Morgan fingerprint density at radius 1 is 1.18 bits per heavy atom. The smallest absolute Gasteiger partial charge is 0.328 e. The maximum Gasteiger partial charge on any atom is 0.328 e. The number of nitrogens with one attached hydrogen (secondary N) is 2. The molecule has 0 radical (unpaired) electrons. The van der Waals surface area contributed by atoms with E-state index in [0.29, 0.717) is 19.0 Å². The molecule has 0 spiro atoms. The topological polar surface area (TPSA) is 98.7 Å². The molecule has 1 aliphatic rings. The van der Waals surface area contributed by atoms with Crippen molar-refractivity contribution < 1.29 is 18.3 Å². The summed E-state index contributed by atoms with van der Waals surface area (Å²) in [5.74, 6) is 0.501. The van der Waals surface area contributed by atoms with Gasteiger partial charge in [-0.3, -0.25) is 0 Å². The molecule has 3 N–H and O–H groups in total. The zero-order valence-electron chi connectivity index (χ0n) is 19.8. The highest BCUT2D eigenvalue weighted by molar-refractivity contribution is 7.90. The summed E-state index contributed by atoms with van der Waals surface area (Å²) in [5, 5.41) is 13.0. The van der Waals surface area contributed by atoms with Gasteiger partial charge in [-0.25, -0.2) is 17.9 Å². The van der Waals surface area contributed by atoms with E-state index in [1.54, 1.807) is 24.3 Å². The van der Waals surface area contributed by atoms with E-state index in [1.165, 1.54) is 17.7 Å². The number of rotatable bonds is 7. The average Bonchev–Trinajstić information content (AvgIpc) is 2.79. The maximum absolute atomic E-state index is 12.4. The average molecular weight is 474 g/mol. The van der Waals surface area contributed by atoms with E-state index in [9.17, 15) is 18.3 Å². The Balaban J connectivity index is 1.80. The van der Waals surface area contributed by atoms with Gasteiger partial charge < -0.3 is 15.3 Å². The number of nitrogens with zero attached hydrogens (tertiary/aromatic N) is 1. The molecule has 1 aliphatic heterocycles. The molecule has 180 valence electrons. The second kappa shape index (κ2) is 10.1. The van der Waals surface area contributed by atoms with Crippen LogP contribution in [0.3, 0.4) is 0 Å². The van der Waals surface area contributed by atoms with Crippen molar-refractivity contribution in [3.05, 3.63) is 59.7 Å². The number of carbonyl (C=O) groups is 1. The molecule has 8 heteroatoms. The van der Waals surface area contributed by atoms with Gasteiger partial charge in [0.15, 0.2) is 0 Å². The third-order valence-corrected chi connectivity index (χ3v) is 8.70.